The van der Waals surface area contributed by atoms with Gasteiger partial charge in [-0.15, -0.1) is 5.10 Å². The third kappa shape index (κ3) is 4.87. The number of ether oxygens (including phenoxy) is 2. The molecule has 2 heterocycles. The van der Waals surface area contributed by atoms with Gasteiger partial charge in [0, 0.05) is 26.2 Å². The number of esters is 1. The standard InChI is InChI=1S/C17H22N6O3/c1-25-16(24)13-4-2-3-5-14(13)20-15-12-19-22-17(21-15)18-6-7-23-8-10-26-11-9-23/h2-5,12H,6-11H2,1H3,(H2,18,20,21,22). The molecule has 0 saturated carbocycles. The molecule has 0 bridgehead atoms. The highest BCUT2D eigenvalue weighted by atomic mass is 16.5. The smallest absolute Gasteiger partial charge is 0.339 e. The zero-order valence-electron chi connectivity index (χ0n) is 14.6. The normalized spacial score (nSPS) is 14.7. The molecule has 1 aliphatic heterocycles. The van der Waals surface area contributed by atoms with Crippen LogP contribution in [0.15, 0.2) is 30.5 Å². The number of para-hydroxylation sites is 1. The van der Waals surface area contributed by atoms with Crippen LogP contribution in [-0.2, 0) is 9.47 Å². The molecule has 0 amide bonds. The maximum absolute atomic E-state index is 11.8. The fraction of sp³-hybridized carbons (Fsp3) is 0.412. The van der Waals surface area contributed by atoms with Crippen LogP contribution in [-0.4, -0.2) is 72.6 Å². The first-order valence-corrected chi connectivity index (χ1v) is 8.44. The van der Waals surface area contributed by atoms with Gasteiger partial charge < -0.3 is 20.1 Å². The van der Waals surface area contributed by atoms with E-state index in [2.05, 4.69) is 30.7 Å². The third-order valence-corrected chi connectivity index (χ3v) is 3.97. The number of hydrogen-bond donors (Lipinski definition) is 2. The minimum Gasteiger partial charge on any atom is -0.465 e. The largest absolute Gasteiger partial charge is 0.465 e. The molecule has 1 aromatic carbocycles. The molecule has 0 spiro atoms. The number of carbonyl (C=O) groups excluding carboxylic acids is 1. The molecule has 1 aliphatic rings. The average Bonchev–Trinajstić information content (AvgIpc) is 2.69. The summed E-state index contributed by atoms with van der Waals surface area (Å²) in [6, 6.07) is 7.06. The Kier molecular flexibility index (Phi) is 6.29. The number of nitrogens with one attached hydrogen (secondary N) is 2. The van der Waals surface area contributed by atoms with Gasteiger partial charge in [-0.1, -0.05) is 12.1 Å². The second-order valence-corrected chi connectivity index (χ2v) is 5.71. The predicted molar refractivity (Wildman–Crippen MR) is 96.6 cm³/mol. The summed E-state index contributed by atoms with van der Waals surface area (Å²) in [5, 5.41) is 14.2. The molecule has 0 atom stereocenters. The van der Waals surface area contributed by atoms with Crippen LogP contribution >= 0.6 is 0 Å². The summed E-state index contributed by atoms with van der Waals surface area (Å²) >= 11 is 0. The molecular weight excluding hydrogens is 336 g/mol. The first kappa shape index (κ1) is 18.0. The molecule has 9 nitrogen and oxygen atoms in total. The first-order valence-electron chi connectivity index (χ1n) is 8.44. The van der Waals surface area contributed by atoms with Gasteiger partial charge in [0.25, 0.3) is 0 Å². The Bertz CT molecular complexity index is 736. The summed E-state index contributed by atoms with van der Waals surface area (Å²) in [7, 11) is 1.35. The van der Waals surface area contributed by atoms with Crippen molar-refractivity contribution < 1.29 is 14.3 Å². The molecule has 0 aliphatic carbocycles. The number of nitrogens with zero attached hydrogens (tertiary/aromatic N) is 4. The van der Waals surface area contributed by atoms with Crippen molar-refractivity contribution in [2.75, 3.05) is 57.1 Å². The van der Waals surface area contributed by atoms with Crippen LogP contribution in [0.3, 0.4) is 0 Å². The second-order valence-electron chi connectivity index (χ2n) is 5.71. The van der Waals surface area contributed by atoms with Crippen molar-refractivity contribution in [2.45, 2.75) is 0 Å². The minimum atomic E-state index is -0.418. The summed E-state index contributed by atoms with van der Waals surface area (Å²) < 4.78 is 10.1. The molecule has 0 radical (unpaired) electrons. The summed E-state index contributed by atoms with van der Waals surface area (Å²) in [5.74, 6) is 0.503. The van der Waals surface area contributed by atoms with Crippen LogP contribution in [0.25, 0.3) is 0 Å². The van der Waals surface area contributed by atoms with Crippen LogP contribution in [0, 0.1) is 0 Å². The van der Waals surface area contributed by atoms with Gasteiger partial charge in [0.2, 0.25) is 5.95 Å². The number of rotatable bonds is 7. The molecule has 0 unspecified atom stereocenters. The summed E-state index contributed by atoms with van der Waals surface area (Å²) in [5.41, 5.74) is 1.02. The number of carbonyl (C=O) groups is 1. The minimum absolute atomic E-state index is 0.418. The van der Waals surface area contributed by atoms with Gasteiger partial charge in [-0.2, -0.15) is 10.1 Å². The van der Waals surface area contributed by atoms with Crippen molar-refractivity contribution in [1.29, 1.82) is 0 Å². The summed E-state index contributed by atoms with van der Waals surface area (Å²) in [4.78, 5) is 18.6. The average molecular weight is 358 g/mol. The number of hydrogen-bond acceptors (Lipinski definition) is 9. The predicted octanol–water partition coefficient (Wildman–Crippen LogP) is 1.15. The van der Waals surface area contributed by atoms with Gasteiger partial charge in [-0.25, -0.2) is 4.79 Å². The molecule has 9 heteroatoms. The topological polar surface area (TPSA) is 102 Å². The van der Waals surface area contributed by atoms with E-state index in [1.165, 1.54) is 13.3 Å². The molecule has 3 rings (SSSR count). The van der Waals surface area contributed by atoms with Crippen molar-refractivity contribution in [1.82, 2.24) is 20.1 Å². The molecule has 2 N–H and O–H groups in total. The molecule has 1 aromatic heterocycles. The van der Waals surface area contributed by atoms with E-state index < -0.39 is 5.97 Å². The number of methoxy groups -OCH3 is 1. The molecular formula is C17H22N6O3. The molecule has 1 fully saturated rings. The van der Waals surface area contributed by atoms with E-state index in [-0.39, 0.29) is 0 Å². The van der Waals surface area contributed by atoms with Gasteiger partial charge in [0.15, 0.2) is 5.82 Å². The van der Waals surface area contributed by atoms with Crippen molar-refractivity contribution in [3.05, 3.63) is 36.0 Å². The van der Waals surface area contributed by atoms with E-state index in [1.54, 1.807) is 18.2 Å². The number of morpholine rings is 1. The van der Waals surface area contributed by atoms with Crippen LogP contribution in [0.2, 0.25) is 0 Å². The lowest BCUT2D eigenvalue weighted by molar-refractivity contribution is 0.0398. The SMILES string of the molecule is COC(=O)c1ccccc1Nc1cnnc(NCCN2CCOCC2)n1. The fourth-order valence-corrected chi connectivity index (χ4v) is 2.61. The van der Waals surface area contributed by atoms with E-state index >= 15 is 0 Å². The van der Waals surface area contributed by atoms with E-state index in [0.29, 0.717) is 29.6 Å². The van der Waals surface area contributed by atoms with E-state index in [9.17, 15) is 4.79 Å². The Morgan fingerprint density at radius 2 is 2.12 bits per heavy atom. The van der Waals surface area contributed by atoms with Gasteiger partial charge in [-0.05, 0) is 12.1 Å². The second kappa shape index (κ2) is 9.07. The Morgan fingerprint density at radius 1 is 1.31 bits per heavy atom. The van der Waals surface area contributed by atoms with Crippen molar-refractivity contribution in [2.24, 2.45) is 0 Å². The van der Waals surface area contributed by atoms with E-state index in [0.717, 1.165) is 32.8 Å². The highest BCUT2D eigenvalue weighted by molar-refractivity contribution is 5.96. The van der Waals surface area contributed by atoms with Crippen molar-refractivity contribution >= 4 is 23.4 Å². The lowest BCUT2D eigenvalue weighted by atomic mass is 10.2. The highest BCUT2D eigenvalue weighted by Gasteiger charge is 2.12. The fourth-order valence-electron chi connectivity index (χ4n) is 2.61. The molecule has 2 aromatic rings. The zero-order valence-corrected chi connectivity index (χ0v) is 14.6. The first-order chi connectivity index (χ1) is 12.8. The molecule has 138 valence electrons. The van der Waals surface area contributed by atoms with Crippen LogP contribution in [0.1, 0.15) is 10.4 Å². The monoisotopic (exact) mass is 358 g/mol. The van der Waals surface area contributed by atoms with E-state index in [1.807, 2.05) is 6.07 Å². The highest BCUT2D eigenvalue weighted by Crippen LogP contribution is 2.20. The number of anilines is 3. The van der Waals surface area contributed by atoms with Gasteiger partial charge in [0.05, 0.1) is 37.8 Å². The maximum atomic E-state index is 11.8. The van der Waals surface area contributed by atoms with Crippen LogP contribution < -0.4 is 10.6 Å². The zero-order chi connectivity index (χ0) is 18.2. The molecule has 26 heavy (non-hydrogen) atoms. The lowest BCUT2D eigenvalue weighted by Gasteiger charge is -2.26. The quantitative estimate of drug-likeness (QED) is 0.706. The Balaban J connectivity index is 1.60. The lowest BCUT2D eigenvalue weighted by Crippen LogP contribution is -2.39. The van der Waals surface area contributed by atoms with Gasteiger partial charge in [-0.3, -0.25) is 4.90 Å². The van der Waals surface area contributed by atoms with Crippen LogP contribution in [0.5, 0.6) is 0 Å². The van der Waals surface area contributed by atoms with E-state index in [4.69, 9.17) is 9.47 Å². The Hall–Kier alpha value is -2.78. The van der Waals surface area contributed by atoms with Crippen molar-refractivity contribution in [3.63, 3.8) is 0 Å². The van der Waals surface area contributed by atoms with Gasteiger partial charge in [0.1, 0.15) is 0 Å². The van der Waals surface area contributed by atoms with Gasteiger partial charge >= 0.3 is 5.97 Å². The maximum Gasteiger partial charge on any atom is 0.339 e. The summed E-state index contributed by atoms with van der Waals surface area (Å²) in [6.07, 6.45) is 1.50. The summed E-state index contributed by atoms with van der Waals surface area (Å²) in [6.45, 7) is 5.02. The third-order valence-electron chi connectivity index (χ3n) is 3.97. The number of benzene rings is 1. The molecule has 1 saturated heterocycles. The Labute approximate surface area is 151 Å². The van der Waals surface area contributed by atoms with Crippen LogP contribution in [0.4, 0.5) is 17.5 Å². The Morgan fingerprint density at radius 3 is 2.92 bits per heavy atom. The van der Waals surface area contributed by atoms with Crippen molar-refractivity contribution in [3.8, 4) is 0 Å². The number of aromatic nitrogens is 3.